The van der Waals surface area contributed by atoms with Gasteiger partial charge in [0.05, 0.1) is 12.5 Å². The minimum absolute atomic E-state index is 0.00439. The monoisotopic (exact) mass is 326 g/mol. The van der Waals surface area contributed by atoms with Crippen LogP contribution in [-0.2, 0) is 19.1 Å². The van der Waals surface area contributed by atoms with Gasteiger partial charge in [0, 0.05) is 13.0 Å². The van der Waals surface area contributed by atoms with Crippen LogP contribution in [0.2, 0.25) is 0 Å². The molecule has 23 heavy (non-hydrogen) atoms. The maximum atomic E-state index is 12.0. The molecule has 0 bridgehead atoms. The predicted molar refractivity (Wildman–Crippen MR) is 91.3 cm³/mol. The first-order chi connectivity index (χ1) is 11.2. The molecule has 0 aromatic heterocycles. The molecule has 4 nitrogen and oxygen atoms in total. The van der Waals surface area contributed by atoms with E-state index in [1.165, 1.54) is 25.7 Å². The van der Waals surface area contributed by atoms with Crippen LogP contribution in [0.15, 0.2) is 0 Å². The van der Waals surface area contributed by atoms with Gasteiger partial charge in [-0.05, 0) is 50.9 Å². The Balaban J connectivity index is 1.95. The van der Waals surface area contributed by atoms with Gasteiger partial charge in [-0.15, -0.1) is 0 Å². The predicted octanol–water partition coefficient (Wildman–Crippen LogP) is 4.30. The molecule has 0 N–H and O–H groups in total. The van der Waals surface area contributed by atoms with Crippen molar-refractivity contribution in [3.8, 4) is 0 Å². The molecule has 0 aromatic rings. The van der Waals surface area contributed by atoms with Crippen LogP contribution in [0.25, 0.3) is 0 Å². The smallest absolute Gasteiger partial charge is 0.308 e. The summed E-state index contributed by atoms with van der Waals surface area (Å²) in [7, 11) is 0. The van der Waals surface area contributed by atoms with Crippen LogP contribution >= 0.6 is 0 Å². The molecule has 1 fully saturated rings. The largest absolute Gasteiger partial charge is 0.465 e. The molecule has 4 heteroatoms. The van der Waals surface area contributed by atoms with Gasteiger partial charge in [-0.2, -0.15) is 0 Å². The topological polar surface area (TPSA) is 52.6 Å². The zero-order valence-corrected chi connectivity index (χ0v) is 15.0. The van der Waals surface area contributed by atoms with E-state index in [-0.39, 0.29) is 24.3 Å². The maximum Gasteiger partial charge on any atom is 0.308 e. The van der Waals surface area contributed by atoms with Crippen molar-refractivity contribution >= 4 is 11.8 Å². The van der Waals surface area contributed by atoms with Gasteiger partial charge in [0.15, 0.2) is 5.78 Å². The second kappa shape index (κ2) is 12.5. The number of carbonyl (C=O) groups excluding carboxylic acids is 2. The molecule has 1 aliphatic carbocycles. The van der Waals surface area contributed by atoms with Gasteiger partial charge in [0.2, 0.25) is 0 Å². The third-order valence-electron chi connectivity index (χ3n) is 4.71. The first-order valence-corrected chi connectivity index (χ1v) is 9.43. The zero-order valence-electron chi connectivity index (χ0n) is 15.0. The van der Waals surface area contributed by atoms with Crippen LogP contribution in [0.3, 0.4) is 0 Å². The fourth-order valence-corrected chi connectivity index (χ4v) is 3.16. The minimum atomic E-state index is 0.00439. The van der Waals surface area contributed by atoms with Crippen molar-refractivity contribution in [2.24, 2.45) is 11.8 Å². The molecule has 0 aromatic carbocycles. The summed E-state index contributed by atoms with van der Waals surface area (Å²) in [5.41, 5.74) is 0. The lowest BCUT2D eigenvalue weighted by atomic mass is 9.80. The fourth-order valence-electron chi connectivity index (χ4n) is 3.16. The lowest BCUT2D eigenvalue weighted by Crippen LogP contribution is -2.24. The lowest BCUT2D eigenvalue weighted by Gasteiger charge is -2.26. The highest BCUT2D eigenvalue weighted by molar-refractivity contribution is 5.79. The highest BCUT2D eigenvalue weighted by Crippen LogP contribution is 2.32. The van der Waals surface area contributed by atoms with Gasteiger partial charge >= 0.3 is 5.97 Å². The summed E-state index contributed by atoms with van der Waals surface area (Å²) in [4.78, 5) is 23.1. The number of carbonyl (C=O) groups is 2. The molecule has 0 spiro atoms. The van der Waals surface area contributed by atoms with E-state index in [9.17, 15) is 9.59 Å². The van der Waals surface area contributed by atoms with Crippen molar-refractivity contribution in [3.63, 3.8) is 0 Å². The number of Topliss-reactive ketones (excluding diaryl/α,β-unsaturated/α-hetero) is 1. The Morgan fingerprint density at radius 2 is 1.65 bits per heavy atom. The Hall–Kier alpha value is -0.900. The SMILES string of the molecule is CCCC1CCC(C(=O)OCCCCCOCC(=O)CC)CC1. The van der Waals surface area contributed by atoms with Crippen molar-refractivity contribution in [2.45, 2.75) is 78.1 Å². The van der Waals surface area contributed by atoms with E-state index in [0.29, 0.717) is 19.6 Å². The summed E-state index contributed by atoms with van der Waals surface area (Å²) in [5.74, 6) is 1.10. The molecule has 0 radical (unpaired) electrons. The Labute approximate surface area is 141 Å². The van der Waals surface area contributed by atoms with E-state index in [0.717, 1.165) is 38.0 Å². The Morgan fingerprint density at radius 3 is 2.30 bits per heavy atom. The second-order valence-corrected chi connectivity index (χ2v) is 6.68. The summed E-state index contributed by atoms with van der Waals surface area (Å²) < 4.78 is 10.7. The second-order valence-electron chi connectivity index (χ2n) is 6.68. The number of esters is 1. The number of hydrogen-bond donors (Lipinski definition) is 0. The van der Waals surface area contributed by atoms with Gasteiger partial charge in [-0.1, -0.05) is 26.7 Å². The summed E-state index contributed by atoms with van der Waals surface area (Å²) in [5, 5.41) is 0. The summed E-state index contributed by atoms with van der Waals surface area (Å²) in [6.45, 7) is 5.43. The van der Waals surface area contributed by atoms with Crippen LogP contribution in [0.4, 0.5) is 0 Å². The normalized spacial score (nSPS) is 21.1. The van der Waals surface area contributed by atoms with Crippen LogP contribution in [0.5, 0.6) is 0 Å². The first-order valence-electron chi connectivity index (χ1n) is 9.43. The zero-order chi connectivity index (χ0) is 16.9. The van der Waals surface area contributed by atoms with Gasteiger partial charge in [-0.3, -0.25) is 9.59 Å². The minimum Gasteiger partial charge on any atom is -0.465 e. The van der Waals surface area contributed by atoms with Crippen molar-refractivity contribution in [3.05, 3.63) is 0 Å². The molecule has 0 unspecified atom stereocenters. The van der Waals surface area contributed by atoms with E-state index in [2.05, 4.69) is 6.92 Å². The summed E-state index contributed by atoms with van der Waals surface area (Å²) in [6.07, 6.45) is 10.2. The molecule has 1 saturated carbocycles. The number of hydrogen-bond acceptors (Lipinski definition) is 4. The fraction of sp³-hybridized carbons (Fsp3) is 0.895. The van der Waals surface area contributed by atoms with Gasteiger partial charge in [0.25, 0.3) is 0 Å². The van der Waals surface area contributed by atoms with Crippen molar-refractivity contribution in [1.29, 1.82) is 0 Å². The molecule has 0 atom stereocenters. The van der Waals surface area contributed by atoms with Crippen LogP contribution in [0, 0.1) is 11.8 Å². The molecule has 0 aliphatic heterocycles. The third kappa shape index (κ3) is 9.09. The maximum absolute atomic E-state index is 12.0. The van der Waals surface area contributed by atoms with E-state index >= 15 is 0 Å². The lowest BCUT2D eigenvalue weighted by molar-refractivity contribution is -0.150. The van der Waals surface area contributed by atoms with E-state index in [1.54, 1.807) is 0 Å². The Bertz CT molecular complexity index is 332. The average molecular weight is 326 g/mol. The molecule has 0 amide bonds. The highest BCUT2D eigenvalue weighted by atomic mass is 16.5. The van der Waals surface area contributed by atoms with Crippen LogP contribution in [-0.4, -0.2) is 31.6 Å². The number of ketones is 1. The summed E-state index contributed by atoms with van der Waals surface area (Å²) >= 11 is 0. The van der Waals surface area contributed by atoms with Crippen molar-refractivity contribution < 1.29 is 19.1 Å². The molecular formula is C19H34O4. The molecule has 0 heterocycles. The molecular weight excluding hydrogens is 292 g/mol. The molecule has 1 rings (SSSR count). The average Bonchev–Trinajstić information content (AvgIpc) is 2.57. The standard InChI is InChI=1S/C19H34O4/c1-3-8-16-9-11-17(12-10-16)19(21)23-14-7-5-6-13-22-15-18(20)4-2/h16-17H,3-15H2,1-2H3. The Kier molecular flexibility index (Phi) is 11.0. The van der Waals surface area contributed by atoms with E-state index in [1.807, 2.05) is 6.92 Å². The summed E-state index contributed by atoms with van der Waals surface area (Å²) in [6, 6.07) is 0. The Morgan fingerprint density at radius 1 is 0.957 bits per heavy atom. The number of rotatable bonds is 12. The van der Waals surface area contributed by atoms with E-state index < -0.39 is 0 Å². The molecule has 0 saturated heterocycles. The molecule has 134 valence electrons. The van der Waals surface area contributed by atoms with Gasteiger partial charge in [0.1, 0.15) is 6.61 Å². The number of unbranched alkanes of at least 4 members (excludes halogenated alkanes) is 2. The molecule has 1 aliphatic rings. The van der Waals surface area contributed by atoms with Crippen molar-refractivity contribution in [2.75, 3.05) is 19.8 Å². The quantitative estimate of drug-likeness (QED) is 0.396. The first kappa shape index (κ1) is 20.1. The highest BCUT2D eigenvalue weighted by Gasteiger charge is 2.26. The number of ether oxygens (including phenoxy) is 2. The van der Waals surface area contributed by atoms with Crippen LogP contribution < -0.4 is 0 Å². The van der Waals surface area contributed by atoms with E-state index in [4.69, 9.17) is 9.47 Å². The third-order valence-corrected chi connectivity index (χ3v) is 4.71. The van der Waals surface area contributed by atoms with Gasteiger partial charge in [-0.25, -0.2) is 0 Å². The van der Waals surface area contributed by atoms with Crippen LogP contribution in [0.1, 0.15) is 78.1 Å². The van der Waals surface area contributed by atoms with Gasteiger partial charge < -0.3 is 9.47 Å². The van der Waals surface area contributed by atoms with Crippen molar-refractivity contribution in [1.82, 2.24) is 0 Å².